The minimum Gasteiger partial charge on any atom is -0.509 e. The zero-order chi connectivity index (χ0) is 44.4. The molecule has 1 aliphatic heterocycles. The van der Waals surface area contributed by atoms with Gasteiger partial charge in [0.15, 0.2) is 5.69 Å². The molecule has 0 atom stereocenters. The summed E-state index contributed by atoms with van der Waals surface area (Å²) in [6.45, 7) is 30.0. The summed E-state index contributed by atoms with van der Waals surface area (Å²) in [7, 11) is 0. The molecule has 0 bridgehead atoms. The van der Waals surface area contributed by atoms with Gasteiger partial charge in [-0.2, -0.15) is 17.4 Å². The van der Waals surface area contributed by atoms with Gasteiger partial charge in [0.1, 0.15) is 5.82 Å². The van der Waals surface area contributed by atoms with Crippen LogP contribution in [0.4, 0.5) is 28.4 Å². The first-order chi connectivity index (χ1) is 30.0. The van der Waals surface area contributed by atoms with Gasteiger partial charge < -0.3 is 19.1 Å². The molecule has 0 saturated carbocycles. The molecule has 0 N–H and O–H groups in total. The van der Waals surface area contributed by atoms with E-state index in [9.17, 15) is 5.26 Å². The molecule has 2 aromatic heterocycles. The average molecular weight is 1020 g/mol. The van der Waals surface area contributed by atoms with E-state index in [0.717, 1.165) is 67.1 Å². The van der Waals surface area contributed by atoms with Crippen molar-refractivity contribution in [2.75, 3.05) is 9.80 Å². The minimum atomic E-state index is -0.0812. The van der Waals surface area contributed by atoms with E-state index in [-0.39, 0.29) is 37.3 Å². The molecule has 3 heterocycles. The number of para-hydroxylation sites is 1. The molecular weight excluding hydrogens is 968 g/mol. The Morgan fingerprint density at radius 3 is 2.09 bits per heavy atom. The summed E-state index contributed by atoms with van der Waals surface area (Å²) >= 11 is 0. The maximum absolute atomic E-state index is 9.80. The van der Waals surface area contributed by atoms with E-state index >= 15 is 0 Å². The van der Waals surface area contributed by atoms with E-state index in [2.05, 4.69) is 161 Å². The fourth-order valence-corrected chi connectivity index (χ4v) is 8.25. The summed E-state index contributed by atoms with van der Waals surface area (Å²) in [4.78, 5) is 13.0. The van der Waals surface area contributed by atoms with Crippen LogP contribution in [0, 0.1) is 36.7 Å². The molecule has 64 heavy (non-hydrogen) atoms. The predicted octanol–water partition coefficient (Wildman–Crippen LogP) is 15.0. The van der Waals surface area contributed by atoms with E-state index in [1.807, 2.05) is 72.9 Å². The normalized spacial score (nSPS) is 12.8. The Labute approximate surface area is 391 Å². The molecule has 0 fully saturated rings. The number of nitrogens with zero attached hydrogens (tertiary/aromatic N) is 6. The first-order valence-corrected chi connectivity index (χ1v) is 21.3. The topological polar surface area (TPSA) is 61.7 Å². The van der Waals surface area contributed by atoms with E-state index in [1.54, 1.807) is 0 Å². The molecule has 9 rings (SSSR count). The number of anilines is 4. The number of hydrogen-bond acceptors (Lipinski definition) is 5. The largest absolute Gasteiger partial charge is 0.509 e. The number of fused-ring (bicyclic) bond motifs is 4. The number of pyridine rings is 1. The molecule has 0 spiro atoms. The Kier molecular flexibility index (Phi) is 11.3. The van der Waals surface area contributed by atoms with Gasteiger partial charge >= 0.3 is 0 Å². The Bertz CT molecular complexity index is 3150. The van der Waals surface area contributed by atoms with Crippen LogP contribution in [0.25, 0.3) is 43.6 Å². The molecule has 1 aliphatic rings. The monoisotopic (exact) mass is 1020 g/mol. The first kappa shape index (κ1) is 44.0. The van der Waals surface area contributed by atoms with Gasteiger partial charge in [0.2, 0.25) is 0 Å². The van der Waals surface area contributed by atoms with E-state index < -0.39 is 0 Å². The molecule has 6 aromatic carbocycles. The van der Waals surface area contributed by atoms with E-state index in [4.69, 9.17) is 16.3 Å². The van der Waals surface area contributed by atoms with Crippen molar-refractivity contribution in [1.29, 1.82) is 5.26 Å². The SMILES string of the molecule is [C-]#[N+]c1cccc(-c2cccc3c2N(c2cc(C(C)(C)C)cc(C(C)(C)C)c2)[CH-]N3c2[c-]c(Oc3[c-]c4c(cc3)c3cc(C#N)ccc3n4-c3cc(C(C)(C)C)ccn3)ccc2)c1.[Pt]. The van der Waals surface area contributed by atoms with Gasteiger partial charge in [0.25, 0.3) is 0 Å². The van der Waals surface area contributed by atoms with Crippen LogP contribution in [-0.2, 0) is 37.3 Å². The van der Waals surface area contributed by atoms with Crippen LogP contribution in [0.15, 0.2) is 128 Å². The molecular formula is C56H49N6OPt-3. The third-order valence-electron chi connectivity index (χ3n) is 11.8. The van der Waals surface area contributed by atoms with Crippen LogP contribution in [0.1, 0.15) is 84.6 Å². The number of hydrogen-bond donors (Lipinski definition) is 0. The first-order valence-electron chi connectivity index (χ1n) is 21.3. The maximum atomic E-state index is 9.80. The summed E-state index contributed by atoms with van der Waals surface area (Å²) < 4.78 is 8.74. The molecule has 8 heteroatoms. The third kappa shape index (κ3) is 8.18. The minimum absolute atomic E-state index is 0. The molecule has 0 radical (unpaired) electrons. The molecule has 0 unspecified atom stereocenters. The Morgan fingerprint density at radius 2 is 1.39 bits per heavy atom. The Morgan fingerprint density at radius 1 is 0.688 bits per heavy atom. The summed E-state index contributed by atoms with van der Waals surface area (Å²) in [6.07, 6.45) is 1.85. The molecule has 0 amide bonds. The summed E-state index contributed by atoms with van der Waals surface area (Å²) in [5.41, 5.74) is 12.2. The zero-order valence-corrected chi connectivity index (χ0v) is 39.9. The van der Waals surface area contributed by atoms with Crippen molar-refractivity contribution in [2.24, 2.45) is 0 Å². The van der Waals surface area contributed by atoms with Crippen LogP contribution >= 0.6 is 0 Å². The molecule has 322 valence electrons. The Hall–Kier alpha value is -6.66. The van der Waals surface area contributed by atoms with Crippen molar-refractivity contribution in [1.82, 2.24) is 9.55 Å². The van der Waals surface area contributed by atoms with E-state index in [0.29, 0.717) is 22.7 Å². The van der Waals surface area contributed by atoms with Crippen molar-refractivity contribution in [2.45, 2.75) is 78.6 Å². The fourth-order valence-electron chi connectivity index (χ4n) is 8.25. The standard InChI is InChI=1S/C56H49N6O.Pt/c1-54(2,3)38-24-25-59-52(31-38)62-49-23-20-36(34-57)26-48(49)47-22-21-45(33-51(47)62)63-44-17-12-16-42(32-44)60-35-61(43-29-39(55(4,5)6)28-40(30-43)56(7,8)9)53-46(18-13-19-50(53)60)37-14-11-15-41(27-37)58-10;/h11-31,35H,1-9H3;/q-3;. The Balaban J connectivity index is 0.00000560. The van der Waals surface area contributed by atoms with Crippen LogP contribution in [-0.4, -0.2) is 9.55 Å². The van der Waals surface area contributed by atoms with Crippen LogP contribution in [0.3, 0.4) is 0 Å². The van der Waals surface area contributed by atoms with Crippen molar-refractivity contribution < 1.29 is 25.8 Å². The zero-order valence-electron chi connectivity index (χ0n) is 37.6. The van der Waals surface area contributed by atoms with Gasteiger partial charge in [-0.25, -0.2) is 9.83 Å². The second kappa shape index (κ2) is 16.5. The van der Waals surface area contributed by atoms with Crippen LogP contribution in [0.5, 0.6) is 11.5 Å². The number of rotatable bonds is 6. The third-order valence-corrected chi connectivity index (χ3v) is 11.8. The quantitative estimate of drug-likeness (QED) is 0.155. The van der Waals surface area contributed by atoms with E-state index in [1.165, 1.54) is 11.1 Å². The molecule has 0 saturated heterocycles. The summed E-state index contributed by atoms with van der Waals surface area (Å²) in [5, 5.41) is 11.7. The molecule has 7 nitrogen and oxygen atoms in total. The summed E-state index contributed by atoms with van der Waals surface area (Å²) in [6, 6.07) is 50.4. The van der Waals surface area contributed by atoms with Crippen molar-refractivity contribution in [3.63, 3.8) is 0 Å². The van der Waals surface area contributed by atoms with Crippen LogP contribution < -0.4 is 14.5 Å². The number of benzene rings is 6. The van der Waals surface area contributed by atoms with Gasteiger partial charge in [-0.1, -0.05) is 104 Å². The fraction of sp³-hybridized carbons (Fsp3) is 0.214. The van der Waals surface area contributed by atoms with Crippen molar-refractivity contribution in [3.8, 4) is 34.5 Å². The van der Waals surface area contributed by atoms with Gasteiger partial charge in [-0.3, -0.25) is 0 Å². The van der Waals surface area contributed by atoms with Gasteiger partial charge in [-0.15, -0.1) is 48.1 Å². The van der Waals surface area contributed by atoms with Gasteiger partial charge in [-0.05, 0) is 98.5 Å². The molecule has 0 aliphatic carbocycles. The molecule has 8 aromatic rings. The van der Waals surface area contributed by atoms with Crippen LogP contribution in [0.2, 0.25) is 0 Å². The van der Waals surface area contributed by atoms with Gasteiger partial charge in [0, 0.05) is 66.9 Å². The number of aromatic nitrogens is 2. The van der Waals surface area contributed by atoms with Crippen molar-refractivity contribution in [3.05, 3.63) is 180 Å². The number of nitriles is 1. The maximum Gasteiger partial charge on any atom is 0.187 e. The number of ether oxygens (including phenoxy) is 1. The second-order valence-corrected chi connectivity index (χ2v) is 19.4. The average Bonchev–Trinajstić information content (AvgIpc) is 3.81. The predicted molar refractivity (Wildman–Crippen MR) is 257 cm³/mol. The second-order valence-electron chi connectivity index (χ2n) is 19.4. The summed E-state index contributed by atoms with van der Waals surface area (Å²) in [5.74, 6) is 1.82. The van der Waals surface area contributed by atoms with Crippen molar-refractivity contribution >= 4 is 50.2 Å². The van der Waals surface area contributed by atoms with Gasteiger partial charge in [0.05, 0.1) is 18.2 Å². The smallest absolute Gasteiger partial charge is 0.187 e.